The molecule has 182 valence electrons. The SMILES string of the molecule is CC[C@H](C)[C@H](N)C(=O)N(Cc1ccccc1)C(=O)[C@@H]1CCCN1CC(=O)OCc1ccccc1. The van der Waals surface area contributed by atoms with Crippen LogP contribution in [0.25, 0.3) is 0 Å². The van der Waals surface area contributed by atoms with Crippen molar-refractivity contribution in [1.82, 2.24) is 9.80 Å². The molecule has 2 aromatic rings. The van der Waals surface area contributed by atoms with Gasteiger partial charge in [0.1, 0.15) is 6.61 Å². The van der Waals surface area contributed by atoms with Crippen LogP contribution in [0, 0.1) is 5.92 Å². The van der Waals surface area contributed by atoms with Crippen LogP contribution in [0.15, 0.2) is 60.7 Å². The molecule has 0 aliphatic carbocycles. The van der Waals surface area contributed by atoms with E-state index in [0.717, 1.165) is 24.0 Å². The number of imide groups is 1. The number of hydrogen-bond donors (Lipinski definition) is 1. The van der Waals surface area contributed by atoms with Crippen molar-refractivity contribution in [3.05, 3.63) is 71.8 Å². The van der Waals surface area contributed by atoms with E-state index in [2.05, 4.69) is 0 Å². The van der Waals surface area contributed by atoms with Crippen LogP contribution in [0.5, 0.6) is 0 Å². The summed E-state index contributed by atoms with van der Waals surface area (Å²) in [4.78, 5) is 42.5. The molecule has 0 bridgehead atoms. The second-order valence-corrected chi connectivity index (χ2v) is 8.93. The number of ether oxygens (including phenoxy) is 1. The number of carbonyl (C=O) groups excluding carboxylic acids is 3. The Morgan fingerprint density at radius 1 is 1.06 bits per heavy atom. The van der Waals surface area contributed by atoms with Gasteiger partial charge in [-0.2, -0.15) is 0 Å². The van der Waals surface area contributed by atoms with E-state index in [1.807, 2.05) is 79.4 Å². The predicted octanol–water partition coefficient (Wildman–Crippen LogP) is 3.12. The molecule has 1 heterocycles. The Hall–Kier alpha value is -3.03. The molecule has 7 nitrogen and oxygen atoms in total. The lowest BCUT2D eigenvalue weighted by atomic mass is 9.98. The van der Waals surface area contributed by atoms with Crippen molar-refractivity contribution in [3.8, 4) is 0 Å². The van der Waals surface area contributed by atoms with Crippen molar-refractivity contribution in [2.75, 3.05) is 13.1 Å². The highest BCUT2D eigenvalue weighted by Crippen LogP contribution is 2.22. The summed E-state index contributed by atoms with van der Waals surface area (Å²) in [6.45, 7) is 4.84. The molecule has 1 fully saturated rings. The van der Waals surface area contributed by atoms with Gasteiger partial charge in [-0.25, -0.2) is 0 Å². The third kappa shape index (κ3) is 6.74. The van der Waals surface area contributed by atoms with E-state index < -0.39 is 12.1 Å². The molecule has 3 atom stereocenters. The van der Waals surface area contributed by atoms with Gasteiger partial charge in [0.2, 0.25) is 11.8 Å². The minimum Gasteiger partial charge on any atom is -0.460 e. The van der Waals surface area contributed by atoms with Crippen LogP contribution >= 0.6 is 0 Å². The minimum absolute atomic E-state index is 0.00796. The third-order valence-electron chi connectivity index (χ3n) is 6.48. The number of nitrogens with zero attached hydrogens (tertiary/aromatic N) is 2. The molecule has 1 aliphatic heterocycles. The fourth-order valence-electron chi connectivity index (χ4n) is 4.13. The Bertz CT molecular complexity index is 951. The van der Waals surface area contributed by atoms with Crippen molar-refractivity contribution in [1.29, 1.82) is 0 Å². The average Bonchev–Trinajstić information content (AvgIpc) is 3.33. The van der Waals surface area contributed by atoms with Gasteiger partial charge in [0.05, 0.1) is 25.2 Å². The highest BCUT2D eigenvalue weighted by molar-refractivity contribution is 6.00. The third-order valence-corrected chi connectivity index (χ3v) is 6.48. The summed E-state index contributed by atoms with van der Waals surface area (Å²) in [7, 11) is 0. The van der Waals surface area contributed by atoms with Gasteiger partial charge >= 0.3 is 5.97 Å². The van der Waals surface area contributed by atoms with Crippen LogP contribution in [0.3, 0.4) is 0 Å². The monoisotopic (exact) mass is 465 g/mol. The Labute approximate surface area is 201 Å². The maximum Gasteiger partial charge on any atom is 0.320 e. The molecule has 0 aromatic heterocycles. The number of esters is 1. The van der Waals surface area contributed by atoms with Gasteiger partial charge < -0.3 is 10.5 Å². The second kappa shape index (κ2) is 12.4. The van der Waals surface area contributed by atoms with Crippen molar-refractivity contribution in [3.63, 3.8) is 0 Å². The second-order valence-electron chi connectivity index (χ2n) is 8.93. The first kappa shape index (κ1) is 25.6. The Kier molecular flexibility index (Phi) is 9.36. The summed E-state index contributed by atoms with van der Waals surface area (Å²) >= 11 is 0. The number of hydrogen-bond acceptors (Lipinski definition) is 6. The van der Waals surface area contributed by atoms with Crippen LogP contribution in [-0.4, -0.2) is 52.8 Å². The summed E-state index contributed by atoms with van der Waals surface area (Å²) in [6.07, 6.45) is 2.10. The molecule has 1 saturated heterocycles. The molecule has 3 rings (SSSR count). The van der Waals surface area contributed by atoms with E-state index in [9.17, 15) is 14.4 Å². The number of amides is 2. The highest BCUT2D eigenvalue weighted by atomic mass is 16.5. The maximum absolute atomic E-state index is 13.6. The summed E-state index contributed by atoms with van der Waals surface area (Å²) in [5.74, 6) is -1.12. The zero-order chi connectivity index (χ0) is 24.5. The predicted molar refractivity (Wildman–Crippen MR) is 130 cm³/mol. The lowest BCUT2D eigenvalue weighted by Gasteiger charge is -2.31. The quantitative estimate of drug-likeness (QED) is 0.542. The first-order valence-corrected chi connectivity index (χ1v) is 12.0. The molecular weight excluding hydrogens is 430 g/mol. The minimum atomic E-state index is -0.761. The van der Waals surface area contributed by atoms with E-state index >= 15 is 0 Å². The largest absolute Gasteiger partial charge is 0.460 e. The average molecular weight is 466 g/mol. The summed E-state index contributed by atoms with van der Waals surface area (Å²) in [6, 6.07) is 17.6. The molecule has 2 N–H and O–H groups in total. The van der Waals surface area contributed by atoms with Gasteiger partial charge in [-0.05, 0) is 36.4 Å². The van der Waals surface area contributed by atoms with E-state index in [0.29, 0.717) is 13.0 Å². The van der Waals surface area contributed by atoms with E-state index in [1.165, 1.54) is 4.90 Å². The van der Waals surface area contributed by atoms with Gasteiger partial charge in [0, 0.05) is 0 Å². The number of likely N-dealkylation sites (tertiary alicyclic amines) is 1. The number of carbonyl (C=O) groups is 3. The van der Waals surface area contributed by atoms with Crippen molar-refractivity contribution in [2.45, 2.75) is 58.3 Å². The zero-order valence-corrected chi connectivity index (χ0v) is 20.1. The molecule has 1 aliphatic rings. The lowest BCUT2D eigenvalue weighted by molar-refractivity contribution is -0.151. The fourth-order valence-corrected chi connectivity index (χ4v) is 4.13. The standard InChI is InChI=1S/C27H35N3O4/c1-3-20(2)25(28)27(33)30(17-21-11-6-4-7-12-21)26(32)23-15-10-16-29(23)18-24(31)34-19-22-13-8-5-9-14-22/h4-9,11-14,20,23,25H,3,10,15-19,28H2,1-2H3/t20-,23-,25-/m0/s1. The molecule has 0 spiro atoms. The van der Waals surface area contributed by atoms with Crippen LogP contribution in [0.1, 0.15) is 44.2 Å². The molecule has 0 unspecified atom stereocenters. The lowest BCUT2D eigenvalue weighted by Crippen LogP contribution is -2.54. The van der Waals surface area contributed by atoms with Gasteiger partial charge in [-0.1, -0.05) is 80.9 Å². The van der Waals surface area contributed by atoms with Crippen LogP contribution in [0.4, 0.5) is 0 Å². The Morgan fingerprint density at radius 3 is 2.29 bits per heavy atom. The molecule has 7 heteroatoms. The van der Waals surface area contributed by atoms with E-state index in [-0.39, 0.29) is 43.4 Å². The molecule has 0 saturated carbocycles. The maximum atomic E-state index is 13.6. The smallest absolute Gasteiger partial charge is 0.320 e. The Morgan fingerprint density at radius 2 is 1.68 bits per heavy atom. The molecular formula is C27H35N3O4. The Balaban J connectivity index is 1.70. The molecule has 2 aromatic carbocycles. The van der Waals surface area contributed by atoms with Crippen LogP contribution in [0.2, 0.25) is 0 Å². The zero-order valence-electron chi connectivity index (χ0n) is 20.1. The van der Waals surface area contributed by atoms with Crippen molar-refractivity contribution >= 4 is 17.8 Å². The van der Waals surface area contributed by atoms with E-state index in [4.69, 9.17) is 10.5 Å². The normalized spacial score (nSPS) is 17.7. The van der Waals surface area contributed by atoms with E-state index in [1.54, 1.807) is 0 Å². The van der Waals surface area contributed by atoms with Gasteiger partial charge in [0.25, 0.3) is 0 Å². The highest BCUT2D eigenvalue weighted by Gasteiger charge is 2.39. The topological polar surface area (TPSA) is 92.9 Å². The van der Waals surface area contributed by atoms with Gasteiger partial charge in [0.15, 0.2) is 0 Å². The van der Waals surface area contributed by atoms with Gasteiger partial charge in [-0.15, -0.1) is 0 Å². The fraction of sp³-hybridized carbons (Fsp3) is 0.444. The molecule has 34 heavy (non-hydrogen) atoms. The van der Waals surface area contributed by atoms with Crippen LogP contribution < -0.4 is 5.73 Å². The first-order valence-electron chi connectivity index (χ1n) is 12.0. The summed E-state index contributed by atoms with van der Waals surface area (Å²) < 4.78 is 5.41. The van der Waals surface area contributed by atoms with Gasteiger partial charge in [-0.3, -0.25) is 24.2 Å². The summed E-state index contributed by atoms with van der Waals surface area (Å²) in [5, 5.41) is 0. The number of benzene rings is 2. The first-order chi connectivity index (χ1) is 16.4. The van der Waals surface area contributed by atoms with Crippen molar-refractivity contribution in [2.24, 2.45) is 11.7 Å². The van der Waals surface area contributed by atoms with Crippen LogP contribution in [-0.2, 0) is 32.3 Å². The summed E-state index contributed by atoms with van der Waals surface area (Å²) in [5.41, 5.74) is 8.00. The number of rotatable bonds is 10. The van der Waals surface area contributed by atoms with Crippen molar-refractivity contribution < 1.29 is 19.1 Å². The number of nitrogens with two attached hydrogens (primary N) is 1. The molecule has 2 amide bonds. The molecule has 0 radical (unpaired) electrons.